The third-order valence-electron chi connectivity index (χ3n) is 11.3. The summed E-state index contributed by atoms with van der Waals surface area (Å²) >= 11 is 0. The van der Waals surface area contributed by atoms with Crippen molar-refractivity contribution in [1.82, 2.24) is 4.90 Å². The number of hydrogen-bond acceptors (Lipinski definition) is 7. The van der Waals surface area contributed by atoms with E-state index in [2.05, 4.69) is 76.2 Å². The minimum Gasteiger partial charge on any atom is -0.481 e. The van der Waals surface area contributed by atoms with Gasteiger partial charge >= 0.3 is 5.97 Å². The van der Waals surface area contributed by atoms with E-state index in [0.29, 0.717) is 63.4 Å². The van der Waals surface area contributed by atoms with Crippen LogP contribution in [0.25, 0.3) is 6.08 Å². The van der Waals surface area contributed by atoms with Crippen molar-refractivity contribution in [2.45, 2.75) is 90.4 Å². The number of rotatable bonds is 16. The van der Waals surface area contributed by atoms with Gasteiger partial charge in [0, 0.05) is 18.9 Å². The number of carbonyl (C=O) groups is 3. The second-order valence-electron chi connectivity index (χ2n) is 15.8. The Labute approximate surface area is 313 Å². The van der Waals surface area contributed by atoms with Crippen molar-refractivity contribution >= 4 is 42.6 Å². The molecule has 3 aliphatic rings. The molecule has 1 aromatic heterocycles. The molecule has 2 aromatic carbocycles. The number of carboxylic acids is 1. The molecule has 0 saturated carbocycles. The summed E-state index contributed by atoms with van der Waals surface area (Å²) in [6, 6.07) is 24.7. The largest absolute Gasteiger partial charge is 0.481 e. The third kappa shape index (κ3) is 8.06. The molecule has 0 unspecified atom stereocenters. The second-order valence-corrected chi connectivity index (χ2v) is 20.1. The van der Waals surface area contributed by atoms with E-state index < -0.39 is 26.1 Å². The number of carbonyl (C=O) groups excluding carboxylic acids is 2. The van der Waals surface area contributed by atoms with E-state index in [4.69, 9.17) is 18.7 Å². The lowest BCUT2D eigenvalue weighted by molar-refractivity contribution is -0.141. The summed E-state index contributed by atoms with van der Waals surface area (Å²) in [5.74, 6) is -1.07. The minimum atomic E-state index is -2.91. The molecule has 10 heteroatoms. The van der Waals surface area contributed by atoms with Gasteiger partial charge in [0.25, 0.3) is 8.32 Å². The van der Waals surface area contributed by atoms with Crippen LogP contribution >= 0.6 is 0 Å². The number of aliphatic hydroxyl groups excluding tert-OH is 1. The molecule has 2 aliphatic heterocycles. The zero-order valence-electron chi connectivity index (χ0n) is 31.4. The first-order valence-corrected chi connectivity index (χ1v) is 20.9. The molecular weight excluding hydrogens is 687 g/mol. The first-order valence-electron chi connectivity index (χ1n) is 19.0. The summed E-state index contributed by atoms with van der Waals surface area (Å²) in [6.45, 7) is 9.68. The van der Waals surface area contributed by atoms with Gasteiger partial charge < -0.3 is 23.8 Å². The number of allylic oxidation sites excluding steroid dienone is 1. The Kier molecular flexibility index (Phi) is 12.0. The number of benzene rings is 2. The van der Waals surface area contributed by atoms with Crippen molar-refractivity contribution in [1.29, 1.82) is 0 Å². The Balaban J connectivity index is 1.32. The fourth-order valence-electron chi connectivity index (χ4n) is 8.80. The Morgan fingerprint density at radius 2 is 1.60 bits per heavy atom. The summed E-state index contributed by atoms with van der Waals surface area (Å²) in [4.78, 5) is 40.5. The topological polar surface area (TPSA) is 127 Å². The Bertz CT molecular complexity index is 1790. The second kappa shape index (κ2) is 16.5. The number of amides is 2. The molecule has 53 heavy (non-hydrogen) atoms. The lowest BCUT2D eigenvalue weighted by Crippen LogP contribution is -2.66. The number of aliphatic hydroxyl groups is 1. The normalized spacial score (nSPS) is 22.1. The Morgan fingerprint density at radius 3 is 2.21 bits per heavy atom. The molecule has 0 bridgehead atoms. The van der Waals surface area contributed by atoms with Crippen LogP contribution < -0.4 is 10.4 Å². The molecule has 2 fully saturated rings. The van der Waals surface area contributed by atoms with Crippen LogP contribution in [0.5, 0.6) is 0 Å². The number of aliphatic carboxylic acids is 1. The van der Waals surface area contributed by atoms with Gasteiger partial charge in [-0.15, -0.1) is 0 Å². The van der Waals surface area contributed by atoms with Crippen molar-refractivity contribution < 1.29 is 38.2 Å². The lowest BCUT2D eigenvalue weighted by Gasteiger charge is -2.44. The van der Waals surface area contributed by atoms with Crippen LogP contribution in [0.2, 0.25) is 5.04 Å². The number of ether oxygens (including phenoxy) is 1. The van der Waals surface area contributed by atoms with Crippen LogP contribution in [0, 0.1) is 17.8 Å². The molecule has 0 radical (unpaired) electrons. The van der Waals surface area contributed by atoms with Crippen molar-refractivity contribution in [3.63, 3.8) is 0 Å². The predicted molar refractivity (Wildman–Crippen MR) is 206 cm³/mol. The molecule has 2 N–H and O–H groups in total. The van der Waals surface area contributed by atoms with E-state index in [1.165, 1.54) is 15.3 Å². The van der Waals surface area contributed by atoms with E-state index in [1.807, 2.05) is 24.3 Å². The number of furan rings is 1. The van der Waals surface area contributed by atoms with Crippen LogP contribution in [0.15, 0.2) is 93.9 Å². The van der Waals surface area contributed by atoms with Gasteiger partial charge in [0.15, 0.2) is 0 Å². The zero-order chi connectivity index (χ0) is 37.8. The highest BCUT2D eigenvalue weighted by Crippen LogP contribution is 2.50. The van der Waals surface area contributed by atoms with Gasteiger partial charge in [-0.05, 0) is 83.8 Å². The van der Waals surface area contributed by atoms with E-state index in [0.717, 1.165) is 23.1 Å². The zero-order valence-corrected chi connectivity index (χ0v) is 32.4. The van der Waals surface area contributed by atoms with Gasteiger partial charge in [0.2, 0.25) is 11.8 Å². The van der Waals surface area contributed by atoms with Crippen LogP contribution in [0.4, 0.5) is 0 Å². The van der Waals surface area contributed by atoms with Crippen molar-refractivity contribution in [3.8, 4) is 0 Å². The number of carboxylic acid groups (broad SMARTS) is 1. The molecule has 9 nitrogen and oxygen atoms in total. The standard InChI is InChI=1S/C43H53NO8Si/c1-29(24-31-20-21-32(26-45)52-31)19-22-37-39-30(27-51-53(43(2,3)4,33-14-8-5-9-15-33)34-16-10-6-11-17-34)25-35-40(36(39)28-50-37)42(49)44(41(35)48)23-13-7-12-18-38(46)47/h5-6,8-11,14-17,20-21,24,35-37,40,45H,7,12-13,18-19,22-23,25-28H2,1-4H3,(H,46,47)/b29-24+/t35-,36+,37-,40-/m1/s1. The van der Waals surface area contributed by atoms with Crippen LogP contribution in [-0.4, -0.2) is 67.1 Å². The maximum absolute atomic E-state index is 14.1. The fraction of sp³-hybridized carbons (Fsp3) is 0.465. The lowest BCUT2D eigenvalue weighted by atomic mass is 9.69. The average molecular weight is 740 g/mol. The van der Waals surface area contributed by atoms with Crippen molar-refractivity contribution in [2.24, 2.45) is 17.8 Å². The van der Waals surface area contributed by atoms with E-state index in [-0.39, 0.29) is 41.9 Å². The SMILES string of the molecule is C/C(=C\c1ccc(CO)o1)CC[C@H]1OC[C@H]2C1=C(CO[Si](c1ccccc1)(c1ccccc1)C(C)(C)C)C[C@H]1C(=O)N(CCCCCC(=O)O)C(=O)[C@H]12. The molecular formula is C43H53NO8Si. The van der Waals surface area contributed by atoms with Gasteiger partial charge in [-0.25, -0.2) is 0 Å². The van der Waals surface area contributed by atoms with Crippen LogP contribution in [0.3, 0.4) is 0 Å². The highest BCUT2D eigenvalue weighted by atomic mass is 28.4. The fourth-order valence-corrected chi connectivity index (χ4v) is 13.3. The summed E-state index contributed by atoms with van der Waals surface area (Å²) < 4.78 is 19.7. The molecule has 2 amide bonds. The number of hydrogen-bond donors (Lipinski definition) is 2. The van der Waals surface area contributed by atoms with Gasteiger partial charge in [0.05, 0.1) is 31.2 Å². The van der Waals surface area contributed by atoms with Gasteiger partial charge in [-0.3, -0.25) is 19.3 Å². The number of nitrogens with zero attached hydrogens (tertiary/aromatic N) is 1. The first kappa shape index (κ1) is 38.6. The summed E-state index contributed by atoms with van der Waals surface area (Å²) in [5.41, 5.74) is 3.29. The quantitative estimate of drug-likeness (QED) is 0.0739. The molecule has 2 saturated heterocycles. The van der Waals surface area contributed by atoms with Crippen molar-refractivity contribution in [2.75, 3.05) is 19.8 Å². The summed E-state index contributed by atoms with van der Waals surface area (Å²) in [6.07, 6.45) is 5.47. The van der Waals surface area contributed by atoms with Gasteiger partial charge in [-0.1, -0.05) is 93.4 Å². The predicted octanol–water partition coefficient (Wildman–Crippen LogP) is 6.49. The molecule has 0 spiro atoms. The maximum Gasteiger partial charge on any atom is 0.303 e. The van der Waals surface area contributed by atoms with E-state index >= 15 is 0 Å². The Morgan fingerprint density at radius 1 is 0.925 bits per heavy atom. The monoisotopic (exact) mass is 739 g/mol. The highest BCUT2D eigenvalue weighted by molar-refractivity contribution is 6.99. The van der Waals surface area contributed by atoms with Gasteiger partial charge in [0.1, 0.15) is 18.1 Å². The van der Waals surface area contributed by atoms with Gasteiger partial charge in [-0.2, -0.15) is 0 Å². The number of likely N-dealkylation sites (tertiary alicyclic amines) is 1. The Hall–Kier alpha value is -4.09. The molecule has 3 aromatic rings. The summed E-state index contributed by atoms with van der Waals surface area (Å²) in [5, 5.41) is 20.6. The number of unbranched alkanes of at least 4 members (excludes halogenated alkanes) is 2. The highest BCUT2D eigenvalue weighted by Gasteiger charge is 2.57. The van der Waals surface area contributed by atoms with Crippen LogP contribution in [-0.2, 0) is 30.2 Å². The van der Waals surface area contributed by atoms with Crippen molar-refractivity contribution in [3.05, 3.63) is 101 Å². The summed E-state index contributed by atoms with van der Waals surface area (Å²) in [7, 11) is -2.91. The minimum absolute atomic E-state index is 0.0792. The van der Waals surface area contributed by atoms with Crippen LogP contribution in [0.1, 0.15) is 84.2 Å². The molecule has 3 heterocycles. The maximum atomic E-state index is 14.1. The third-order valence-corrected chi connectivity index (χ3v) is 16.3. The first-order chi connectivity index (χ1) is 25.4. The molecule has 1 aliphatic carbocycles. The molecule has 282 valence electrons. The van der Waals surface area contributed by atoms with E-state index in [1.54, 1.807) is 6.07 Å². The van der Waals surface area contributed by atoms with E-state index in [9.17, 15) is 19.5 Å². The number of fused-ring (bicyclic) bond motifs is 3. The number of imide groups is 1. The molecule has 4 atom stereocenters. The molecule has 6 rings (SSSR count). The average Bonchev–Trinajstić information content (AvgIpc) is 3.84. The smallest absolute Gasteiger partial charge is 0.303 e.